The van der Waals surface area contributed by atoms with Crippen molar-refractivity contribution >= 4 is 5.97 Å². The van der Waals surface area contributed by atoms with Crippen LogP contribution in [0, 0.1) is 5.41 Å². The summed E-state index contributed by atoms with van der Waals surface area (Å²) in [5.41, 5.74) is 5.45. The second-order valence-electron chi connectivity index (χ2n) is 4.48. The maximum absolute atomic E-state index is 10.4. The Morgan fingerprint density at radius 2 is 2.20 bits per heavy atom. The van der Waals surface area contributed by atoms with Gasteiger partial charge in [0.05, 0.1) is 0 Å². The van der Waals surface area contributed by atoms with Gasteiger partial charge in [0.2, 0.25) is 0 Å². The summed E-state index contributed by atoms with van der Waals surface area (Å²) in [7, 11) is 1.67. The van der Waals surface area contributed by atoms with Crippen LogP contribution in [0.25, 0.3) is 0 Å². The van der Waals surface area contributed by atoms with Crippen LogP contribution >= 0.6 is 0 Å². The van der Waals surface area contributed by atoms with E-state index in [1.54, 1.807) is 7.11 Å². The zero-order valence-corrected chi connectivity index (χ0v) is 9.75. The number of aliphatic carboxylic acids is 1. The highest BCUT2D eigenvalue weighted by Gasteiger charge is 2.18. The number of carboxylic acids is 1. The van der Waals surface area contributed by atoms with Gasteiger partial charge in [-0.1, -0.05) is 13.8 Å². The van der Waals surface area contributed by atoms with Gasteiger partial charge in [-0.15, -0.1) is 0 Å². The third-order valence-electron chi connectivity index (χ3n) is 2.27. The second kappa shape index (κ2) is 6.76. The smallest absolute Gasteiger partial charge is 0.321 e. The summed E-state index contributed by atoms with van der Waals surface area (Å²) in [6.07, 6.45) is 0.929. The van der Waals surface area contributed by atoms with E-state index in [2.05, 4.69) is 19.2 Å². The Kier molecular flexibility index (Phi) is 6.47. The number of carboxylic acid groups (broad SMARTS) is 1. The van der Waals surface area contributed by atoms with Crippen LogP contribution in [0.15, 0.2) is 0 Å². The van der Waals surface area contributed by atoms with Gasteiger partial charge in [-0.3, -0.25) is 4.79 Å². The maximum Gasteiger partial charge on any atom is 0.321 e. The van der Waals surface area contributed by atoms with Crippen molar-refractivity contribution in [3.63, 3.8) is 0 Å². The normalized spacial score (nSPS) is 13.9. The van der Waals surface area contributed by atoms with Crippen molar-refractivity contribution in [2.45, 2.75) is 26.3 Å². The number of hydrogen-bond donors (Lipinski definition) is 3. The molecule has 0 fully saturated rings. The molecule has 5 heteroatoms. The average Bonchev–Trinajstić information content (AvgIpc) is 2.14. The Balaban J connectivity index is 3.69. The largest absolute Gasteiger partial charge is 0.480 e. The van der Waals surface area contributed by atoms with Gasteiger partial charge in [-0.05, 0) is 11.8 Å². The van der Waals surface area contributed by atoms with E-state index in [0.29, 0.717) is 13.2 Å². The van der Waals surface area contributed by atoms with Crippen LogP contribution in [0.3, 0.4) is 0 Å². The van der Waals surface area contributed by atoms with Gasteiger partial charge in [0, 0.05) is 26.8 Å². The summed E-state index contributed by atoms with van der Waals surface area (Å²) < 4.78 is 5.00. The summed E-state index contributed by atoms with van der Waals surface area (Å²) in [6, 6.07) is -0.830. The quantitative estimate of drug-likeness (QED) is 0.536. The monoisotopic (exact) mass is 218 g/mol. The van der Waals surface area contributed by atoms with E-state index in [1.807, 2.05) is 0 Å². The van der Waals surface area contributed by atoms with Crippen LogP contribution in [0.2, 0.25) is 0 Å². The summed E-state index contributed by atoms with van der Waals surface area (Å²) in [4.78, 5) is 10.4. The van der Waals surface area contributed by atoms with E-state index >= 15 is 0 Å². The highest BCUT2D eigenvalue weighted by atomic mass is 16.5. The Bertz CT molecular complexity index is 195. The first-order valence-electron chi connectivity index (χ1n) is 5.07. The van der Waals surface area contributed by atoms with Crippen molar-refractivity contribution in [3.8, 4) is 0 Å². The number of nitrogens with two attached hydrogens (primary N) is 1. The van der Waals surface area contributed by atoms with E-state index < -0.39 is 12.0 Å². The van der Waals surface area contributed by atoms with Crippen molar-refractivity contribution in [1.82, 2.24) is 5.32 Å². The van der Waals surface area contributed by atoms with Gasteiger partial charge in [-0.25, -0.2) is 0 Å². The fraction of sp³-hybridized carbons (Fsp3) is 0.900. The fourth-order valence-corrected chi connectivity index (χ4v) is 1.12. The lowest BCUT2D eigenvalue weighted by atomic mass is 9.89. The second-order valence-corrected chi connectivity index (χ2v) is 4.48. The molecule has 0 aliphatic rings. The number of hydrogen-bond acceptors (Lipinski definition) is 4. The van der Waals surface area contributed by atoms with Gasteiger partial charge in [-0.2, -0.15) is 0 Å². The zero-order valence-electron chi connectivity index (χ0n) is 9.75. The Hall–Kier alpha value is -0.650. The van der Waals surface area contributed by atoms with Crippen LogP contribution in [-0.2, 0) is 9.53 Å². The molecular formula is C10H22N2O3. The average molecular weight is 218 g/mol. The van der Waals surface area contributed by atoms with E-state index in [9.17, 15) is 4.79 Å². The molecule has 5 nitrogen and oxygen atoms in total. The van der Waals surface area contributed by atoms with Crippen LogP contribution in [-0.4, -0.2) is 43.9 Å². The molecule has 0 aliphatic heterocycles. The molecule has 0 radical (unpaired) electrons. The predicted molar refractivity (Wildman–Crippen MR) is 58.8 cm³/mol. The number of nitrogens with one attached hydrogen (secondary N) is 1. The van der Waals surface area contributed by atoms with Gasteiger partial charge in [0.1, 0.15) is 6.04 Å². The van der Waals surface area contributed by atoms with E-state index in [1.165, 1.54) is 0 Å². The molecule has 0 spiro atoms. The molecule has 1 atom stereocenters. The van der Waals surface area contributed by atoms with Crippen LogP contribution < -0.4 is 11.1 Å². The summed E-state index contributed by atoms with van der Waals surface area (Å²) >= 11 is 0. The van der Waals surface area contributed by atoms with Crippen molar-refractivity contribution in [2.75, 3.05) is 26.8 Å². The topological polar surface area (TPSA) is 84.6 Å². The molecule has 0 aliphatic carbocycles. The summed E-state index contributed by atoms with van der Waals surface area (Å²) in [5, 5.41) is 11.6. The molecule has 90 valence electrons. The van der Waals surface area contributed by atoms with Gasteiger partial charge < -0.3 is 20.9 Å². The predicted octanol–water partition coefficient (Wildman–Crippen LogP) is 0.0506. The Morgan fingerprint density at radius 1 is 1.60 bits per heavy atom. The van der Waals surface area contributed by atoms with Crippen LogP contribution in [0.4, 0.5) is 0 Å². The minimum absolute atomic E-state index is 0.0915. The molecule has 0 aromatic rings. The number of carbonyl (C=O) groups is 1. The Labute approximate surface area is 91.0 Å². The maximum atomic E-state index is 10.4. The fourth-order valence-electron chi connectivity index (χ4n) is 1.12. The molecule has 0 amide bonds. The van der Waals surface area contributed by atoms with Crippen LogP contribution in [0.1, 0.15) is 20.3 Å². The third kappa shape index (κ3) is 7.30. The molecule has 0 aromatic heterocycles. The minimum Gasteiger partial charge on any atom is -0.480 e. The van der Waals surface area contributed by atoms with Crippen LogP contribution in [0.5, 0.6) is 0 Å². The molecule has 0 saturated carbocycles. The SMILES string of the molecule is COCCC(C)(C)CNCC(N)C(=O)O. The number of methoxy groups -OCH3 is 1. The first-order valence-corrected chi connectivity index (χ1v) is 5.07. The number of ether oxygens (including phenoxy) is 1. The molecular weight excluding hydrogens is 196 g/mol. The lowest BCUT2D eigenvalue weighted by Gasteiger charge is -2.25. The molecule has 4 N–H and O–H groups in total. The van der Waals surface area contributed by atoms with E-state index in [0.717, 1.165) is 13.0 Å². The Morgan fingerprint density at radius 3 is 2.67 bits per heavy atom. The van der Waals surface area contributed by atoms with Gasteiger partial charge >= 0.3 is 5.97 Å². The van der Waals surface area contributed by atoms with Gasteiger partial charge in [0.15, 0.2) is 0 Å². The molecule has 1 unspecified atom stereocenters. The number of rotatable bonds is 8. The van der Waals surface area contributed by atoms with Gasteiger partial charge in [0.25, 0.3) is 0 Å². The molecule has 0 rings (SSSR count). The molecule has 0 bridgehead atoms. The molecule has 15 heavy (non-hydrogen) atoms. The highest BCUT2D eigenvalue weighted by molar-refractivity contribution is 5.73. The van der Waals surface area contributed by atoms with Crippen molar-refractivity contribution < 1.29 is 14.6 Å². The molecule has 0 aromatic carbocycles. The zero-order chi connectivity index (χ0) is 11.9. The standard InChI is InChI=1S/C10H22N2O3/c1-10(2,4-5-15-3)7-12-6-8(11)9(13)14/h8,12H,4-7,11H2,1-3H3,(H,13,14). The lowest BCUT2D eigenvalue weighted by Crippen LogP contribution is -2.43. The summed E-state index contributed by atoms with van der Waals surface area (Å²) in [5.74, 6) is -0.975. The first-order chi connectivity index (χ1) is 6.89. The van der Waals surface area contributed by atoms with E-state index in [-0.39, 0.29) is 5.41 Å². The van der Waals surface area contributed by atoms with Crippen molar-refractivity contribution in [2.24, 2.45) is 11.1 Å². The lowest BCUT2D eigenvalue weighted by molar-refractivity contribution is -0.138. The van der Waals surface area contributed by atoms with Crippen molar-refractivity contribution in [3.05, 3.63) is 0 Å². The first kappa shape index (κ1) is 14.3. The summed E-state index contributed by atoms with van der Waals surface area (Å²) in [6.45, 7) is 5.94. The molecule has 0 heterocycles. The highest BCUT2D eigenvalue weighted by Crippen LogP contribution is 2.18. The van der Waals surface area contributed by atoms with Crippen molar-refractivity contribution in [1.29, 1.82) is 0 Å². The molecule has 0 saturated heterocycles. The van der Waals surface area contributed by atoms with E-state index in [4.69, 9.17) is 15.6 Å². The third-order valence-corrected chi connectivity index (χ3v) is 2.27. The minimum atomic E-state index is -0.975.